The SMILES string of the molecule is Cc1c(C(=O)O)cc(F)cc1C(=O)O. The molecule has 0 unspecified atom stereocenters. The van der Waals surface area contributed by atoms with E-state index in [-0.39, 0.29) is 16.7 Å². The van der Waals surface area contributed by atoms with Gasteiger partial charge in [0.15, 0.2) is 0 Å². The summed E-state index contributed by atoms with van der Waals surface area (Å²) in [4.78, 5) is 21.2. The van der Waals surface area contributed by atoms with Crippen molar-refractivity contribution in [2.75, 3.05) is 0 Å². The van der Waals surface area contributed by atoms with Gasteiger partial charge in [-0.1, -0.05) is 0 Å². The van der Waals surface area contributed by atoms with E-state index in [9.17, 15) is 14.0 Å². The summed E-state index contributed by atoms with van der Waals surface area (Å²) in [5, 5.41) is 17.3. The van der Waals surface area contributed by atoms with Crippen molar-refractivity contribution in [1.82, 2.24) is 0 Å². The number of hydrogen-bond donors (Lipinski definition) is 2. The number of carboxylic acids is 2. The molecule has 0 aliphatic rings. The summed E-state index contributed by atoms with van der Waals surface area (Å²) in [5.74, 6) is -3.56. The van der Waals surface area contributed by atoms with Crippen molar-refractivity contribution in [3.63, 3.8) is 0 Å². The molecule has 0 fully saturated rings. The molecule has 0 aliphatic carbocycles. The largest absolute Gasteiger partial charge is 0.478 e. The van der Waals surface area contributed by atoms with Crippen LogP contribution in [0.3, 0.4) is 0 Å². The van der Waals surface area contributed by atoms with Gasteiger partial charge in [-0.3, -0.25) is 0 Å². The van der Waals surface area contributed by atoms with E-state index < -0.39 is 17.8 Å². The fourth-order valence-corrected chi connectivity index (χ4v) is 1.12. The fourth-order valence-electron chi connectivity index (χ4n) is 1.12. The molecule has 1 aromatic carbocycles. The summed E-state index contributed by atoms with van der Waals surface area (Å²) in [5.41, 5.74) is -0.615. The molecule has 0 bridgehead atoms. The van der Waals surface area contributed by atoms with Gasteiger partial charge in [0.05, 0.1) is 11.1 Å². The first kappa shape index (κ1) is 10.2. The van der Waals surface area contributed by atoms with Crippen LogP contribution in [0.5, 0.6) is 0 Å². The Kier molecular flexibility index (Phi) is 2.51. The molecule has 1 rings (SSSR count). The molecular formula is C9H7FO4. The quantitative estimate of drug-likeness (QED) is 0.755. The molecule has 74 valence electrons. The predicted octanol–water partition coefficient (Wildman–Crippen LogP) is 1.53. The van der Waals surface area contributed by atoms with E-state index in [4.69, 9.17) is 10.2 Å². The van der Waals surface area contributed by atoms with Crippen LogP contribution in [0.1, 0.15) is 26.3 Å². The lowest BCUT2D eigenvalue weighted by molar-refractivity contribution is 0.0695. The molecule has 0 heterocycles. The van der Waals surface area contributed by atoms with Gasteiger partial charge in [-0.15, -0.1) is 0 Å². The first-order valence-electron chi connectivity index (χ1n) is 3.70. The molecule has 0 amide bonds. The lowest BCUT2D eigenvalue weighted by atomic mass is 10.0. The van der Waals surface area contributed by atoms with Gasteiger partial charge in [-0.25, -0.2) is 14.0 Å². The monoisotopic (exact) mass is 198 g/mol. The zero-order valence-corrected chi connectivity index (χ0v) is 7.24. The van der Waals surface area contributed by atoms with Crippen molar-refractivity contribution in [1.29, 1.82) is 0 Å². The maximum atomic E-state index is 12.8. The van der Waals surface area contributed by atoms with E-state index in [1.165, 1.54) is 6.92 Å². The van der Waals surface area contributed by atoms with Gasteiger partial charge in [-0.2, -0.15) is 0 Å². The fraction of sp³-hybridized carbons (Fsp3) is 0.111. The number of hydrogen-bond acceptors (Lipinski definition) is 2. The highest BCUT2D eigenvalue weighted by atomic mass is 19.1. The number of halogens is 1. The van der Waals surface area contributed by atoms with Crippen LogP contribution in [0.25, 0.3) is 0 Å². The minimum absolute atomic E-state index is 0.0476. The normalized spacial score (nSPS) is 9.86. The number of rotatable bonds is 2. The zero-order valence-electron chi connectivity index (χ0n) is 7.24. The Balaban J connectivity index is 3.47. The summed E-state index contributed by atoms with van der Waals surface area (Å²) in [7, 11) is 0. The van der Waals surface area contributed by atoms with Crippen molar-refractivity contribution in [3.05, 3.63) is 34.6 Å². The number of benzene rings is 1. The van der Waals surface area contributed by atoms with E-state index in [1.807, 2.05) is 0 Å². The average Bonchev–Trinajstić information content (AvgIpc) is 2.07. The van der Waals surface area contributed by atoms with Gasteiger partial charge in [0.25, 0.3) is 0 Å². The summed E-state index contributed by atoms with van der Waals surface area (Å²) < 4.78 is 12.8. The second-order valence-electron chi connectivity index (χ2n) is 2.74. The van der Waals surface area contributed by atoms with Crippen LogP contribution >= 0.6 is 0 Å². The highest BCUT2D eigenvalue weighted by Crippen LogP contribution is 2.16. The Hall–Kier alpha value is -1.91. The third-order valence-corrected chi connectivity index (χ3v) is 1.83. The van der Waals surface area contributed by atoms with Crippen LogP contribution in [-0.4, -0.2) is 22.2 Å². The first-order chi connectivity index (χ1) is 6.43. The van der Waals surface area contributed by atoms with Gasteiger partial charge >= 0.3 is 11.9 Å². The maximum absolute atomic E-state index is 12.8. The number of aromatic carboxylic acids is 2. The van der Waals surface area contributed by atoms with Crippen LogP contribution in [0.15, 0.2) is 12.1 Å². The standard InChI is InChI=1S/C9H7FO4/c1-4-6(8(11)12)2-5(10)3-7(4)9(13)14/h2-3H,1H3,(H,11,12)(H,13,14). The van der Waals surface area contributed by atoms with Crippen LogP contribution in [0.2, 0.25) is 0 Å². The van der Waals surface area contributed by atoms with Crippen molar-refractivity contribution in [2.24, 2.45) is 0 Å². The van der Waals surface area contributed by atoms with Gasteiger partial charge < -0.3 is 10.2 Å². The Morgan fingerprint density at radius 2 is 1.50 bits per heavy atom. The molecule has 2 N–H and O–H groups in total. The summed E-state index contributed by atoms with van der Waals surface area (Å²) in [6.45, 7) is 1.33. The summed E-state index contributed by atoms with van der Waals surface area (Å²) in [6, 6.07) is 1.59. The van der Waals surface area contributed by atoms with Crippen LogP contribution in [-0.2, 0) is 0 Å². The molecule has 0 atom stereocenters. The third kappa shape index (κ3) is 1.71. The van der Waals surface area contributed by atoms with Crippen molar-refractivity contribution in [2.45, 2.75) is 6.92 Å². The lowest BCUT2D eigenvalue weighted by Gasteiger charge is -2.04. The minimum Gasteiger partial charge on any atom is -0.478 e. The molecule has 0 aromatic heterocycles. The van der Waals surface area contributed by atoms with Crippen molar-refractivity contribution >= 4 is 11.9 Å². The molecule has 0 spiro atoms. The van der Waals surface area contributed by atoms with E-state index in [0.29, 0.717) is 0 Å². The summed E-state index contributed by atoms with van der Waals surface area (Å²) in [6.07, 6.45) is 0. The average molecular weight is 198 g/mol. The Morgan fingerprint density at radius 1 is 1.14 bits per heavy atom. The van der Waals surface area contributed by atoms with Crippen LogP contribution < -0.4 is 0 Å². The predicted molar refractivity (Wildman–Crippen MR) is 45.1 cm³/mol. The molecule has 0 saturated heterocycles. The molecule has 4 nitrogen and oxygen atoms in total. The maximum Gasteiger partial charge on any atom is 0.336 e. The Labute approximate surface area is 78.6 Å². The Bertz CT molecular complexity index is 376. The molecule has 5 heteroatoms. The highest BCUT2D eigenvalue weighted by Gasteiger charge is 2.16. The van der Waals surface area contributed by atoms with Crippen molar-refractivity contribution in [3.8, 4) is 0 Å². The zero-order chi connectivity index (χ0) is 10.9. The van der Waals surface area contributed by atoms with Gasteiger partial charge in [0, 0.05) is 0 Å². The first-order valence-corrected chi connectivity index (χ1v) is 3.70. The molecular weight excluding hydrogens is 191 g/mol. The van der Waals surface area contributed by atoms with Crippen molar-refractivity contribution < 1.29 is 24.2 Å². The molecule has 1 aromatic rings. The van der Waals surface area contributed by atoms with Gasteiger partial charge in [-0.05, 0) is 24.6 Å². The van der Waals surface area contributed by atoms with E-state index in [1.54, 1.807) is 0 Å². The molecule has 0 saturated carbocycles. The number of carbonyl (C=O) groups is 2. The molecule has 0 radical (unpaired) electrons. The Morgan fingerprint density at radius 3 is 1.79 bits per heavy atom. The van der Waals surface area contributed by atoms with E-state index >= 15 is 0 Å². The van der Waals surface area contributed by atoms with Crippen LogP contribution in [0.4, 0.5) is 4.39 Å². The molecule has 14 heavy (non-hydrogen) atoms. The van der Waals surface area contributed by atoms with Gasteiger partial charge in [0.2, 0.25) is 0 Å². The smallest absolute Gasteiger partial charge is 0.336 e. The highest BCUT2D eigenvalue weighted by molar-refractivity contribution is 5.96. The van der Waals surface area contributed by atoms with Crippen LogP contribution in [0, 0.1) is 12.7 Å². The van der Waals surface area contributed by atoms with Gasteiger partial charge in [0.1, 0.15) is 5.82 Å². The van der Waals surface area contributed by atoms with E-state index in [2.05, 4.69) is 0 Å². The number of carboxylic acid groups (broad SMARTS) is 2. The second kappa shape index (κ2) is 3.45. The summed E-state index contributed by atoms with van der Waals surface area (Å²) >= 11 is 0. The topological polar surface area (TPSA) is 74.6 Å². The van der Waals surface area contributed by atoms with E-state index in [0.717, 1.165) is 12.1 Å². The minimum atomic E-state index is -1.34. The third-order valence-electron chi connectivity index (χ3n) is 1.83. The molecule has 0 aliphatic heterocycles. The lowest BCUT2D eigenvalue weighted by Crippen LogP contribution is -2.08. The second-order valence-corrected chi connectivity index (χ2v) is 2.74.